The van der Waals surface area contributed by atoms with Gasteiger partial charge in [0.1, 0.15) is 24.0 Å². The molecule has 1 fully saturated rings. The van der Waals surface area contributed by atoms with Gasteiger partial charge in [0.2, 0.25) is 0 Å². The third-order valence-corrected chi connectivity index (χ3v) is 8.13. The second-order valence-electron chi connectivity index (χ2n) is 10.7. The first-order chi connectivity index (χ1) is 18.5. The average molecular weight is 517 g/mol. The van der Waals surface area contributed by atoms with Crippen LogP contribution in [0, 0.1) is 11.2 Å². The van der Waals surface area contributed by atoms with E-state index in [0.29, 0.717) is 43.9 Å². The first-order valence-electron chi connectivity index (χ1n) is 13.7. The van der Waals surface area contributed by atoms with E-state index in [1.165, 1.54) is 11.6 Å². The highest BCUT2D eigenvalue weighted by molar-refractivity contribution is 5.98. The SMILES string of the molecule is Nc1ncccc1C(=O)N1CCC2(CCCCc3ccccc3OCCN(Cc3ccccc3F)C2)CC1. The topological polar surface area (TPSA) is 71.7 Å². The van der Waals surface area contributed by atoms with Crippen molar-refractivity contribution in [3.8, 4) is 5.75 Å². The molecular weight excluding hydrogens is 479 g/mol. The lowest BCUT2D eigenvalue weighted by molar-refractivity contribution is 0.0359. The van der Waals surface area contributed by atoms with E-state index in [2.05, 4.69) is 22.0 Å². The number of para-hydroxylation sites is 1. The number of amides is 1. The van der Waals surface area contributed by atoms with Crippen molar-refractivity contribution in [2.24, 2.45) is 5.41 Å². The van der Waals surface area contributed by atoms with Gasteiger partial charge in [0.05, 0.1) is 5.56 Å². The number of pyridine rings is 1. The van der Waals surface area contributed by atoms with E-state index >= 15 is 0 Å². The maximum atomic E-state index is 14.6. The van der Waals surface area contributed by atoms with Gasteiger partial charge in [0.25, 0.3) is 5.91 Å². The quantitative estimate of drug-likeness (QED) is 0.509. The second-order valence-corrected chi connectivity index (χ2v) is 10.7. The maximum absolute atomic E-state index is 14.6. The number of fused-ring (bicyclic) bond motifs is 1. The molecule has 200 valence electrons. The third kappa shape index (κ3) is 6.16. The van der Waals surface area contributed by atoms with Crippen molar-refractivity contribution >= 4 is 11.7 Å². The molecule has 0 radical (unpaired) electrons. The highest BCUT2D eigenvalue weighted by atomic mass is 19.1. The number of piperidine rings is 1. The maximum Gasteiger partial charge on any atom is 0.257 e. The molecule has 2 aromatic carbocycles. The van der Waals surface area contributed by atoms with E-state index in [9.17, 15) is 9.18 Å². The number of hydrogen-bond donors (Lipinski definition) is 1. The molecule has 1 amide bonds. The first kappa shape index (κ1) is 26.2. The van der Waals surface area contributed by atoms with Crippen LogP contribution < -0.4 is 10.5 Å². The van der Waals surface area contributed by atoms with Crippen molar-refractivity contribution in [1.82, 2.24) is 14.8 Å². The molecule has 2 aliphatic heterocycles. The summed E-state index contributed by atoms with van der Waals surface area (Å²) >= 11 is 0. The molecule has 0 atom stereocenters. The number of nitrogen functional groups attached to an aromatic ring is 1. The van der Waals surface area contributed by atoms with Crippen molar-refractivity contribution in [2.45, 2.75) is 45.1 Å². The first-order valence-corrected chi connectivity index (χ1v) is 13.7. The number of halogens is 1. The Balaban J connectivity index is 1.35. The van der Waals surface area contributed by atoms with Gasteiger partial charge in [-0.2, -0.15) is 0 Å². The van der Waals surface area contributed by atoms with E-state index in [0.717, 1.165) is 50.8 Å². The Morgan fingerprint density at radius 3 is 2.58 bits per heavy atom. The molecule has 2 N–H and O–H groups in total. The number of rotatable bonds is 3. The van der Waals surface area contributed by atoms with Gasteiger partial charge in [-0.3, -0.25) is 9.69 Å². The summed E-state index contributed by atoms with van der Waals surface area (Å²) < 4.78 is 20.9. The van der Waals surface area contributed by atoms with Crippen molar-refractivity contribution in [3.05, 3.63) is 89.4 Å². The lowest BCUT2D eigenvalue weighted by Crippen LogP contribution is -2.48. The number of aromatic nitrogens is 1. The van der Waals surface area contributed by atoms with Crippen LogP contribution in [0.15, 0.2) is 66.9 Å². The van der Waals surface area contributed by atoms with Crippen LogP contribution in [0.4, 0.5) is 10.2 Å². The van der Waals surface area contributed by atoms with Crippen LogP contribution in [0.5, 0.6) is 5.75 Å². The number of likely N-dealkylation sites (tertiary alicyclic amines) is 1. The van der Waals surface area contributed by atoms with Crippen LogP contribution in [0.2, 0.25) is 0 Å². The van der Waals surface area contributed by atoms with Crippen molar-refractivity contribution in [1.29, 1.82) is 0 Å². The third-order valence-electron chi connectivity index (χ3n) is 8.13. The number of nitrogens with zero attached hydrogens (tertiary/aromatic N) is 3. The van der Waals surface area contributed by atoms with Crippen molar-refractivity contribution in [2.75, 3.05) is 38.5 Å². The van der Waals surface area contributed by atoms with Gasteiger partial charge in [0, 0.05) is 44.5 Å². The predicted octanol–water partition coefficient (Wildman–Crippen LogP) is 5.33. The van der Waals surface area contributed by atoms with Gasteiger partial charge in [-0.1, -0.05) is 42.8 Å². The summed E-state index contributed by atoms with van der Waals surface area (Å²) in [6, 6.07) is 18.8. The number of hydrogen-bond acceptors (Lipinski definition) is 5. The average Bonchev–Trinajstić information content (AvgIpc) is 2.93. The summed E-state index contributed by atoms with van der Waals surface area (Å²) in [7, 11) is 0. The normalized spacial score (nSPS) is 18.6. The largest absolute Gasteiger partial charge is 0.492 e. The minimum absolute atomic E-state index is 0.0492. The highest BCUT2D eigenvalue weighted by Crippen LogP contribution is 2.39. The van der Waals surface area contributed by atoms with Crippen LogP contribution >= 0.6 is 0 Å². The molecule has 3 aromatic rings. The van der Waals surface area contributed by atoms with Crippen molar-refractivity contribution < 1.29 is 13.9 Å². The molecule has 1 spiro atoms. The van der Waals surface area contributed by atoms with E-state index < -0.39 is 0 Å². The summed E-state index contributed by atoms with van der Waals surface area (Å²) in [6.07, 6.45) is 7.69. The van der Waals surface area contributed by atoms with Gasteiger partial charge in [-0.15, -0.1) is 0 Å². The van der Waals surface area contributed by atoms with Crippen LogP contribution in [-0.4, -0.2) is 53.5 Å². The Morgan fingerprint density at radius 1 is 0.974 bits per heavy atom. The monoisotopic (exact) mass is 516 g/mol. The molecule has 2 aliphatic rings. The Labute approximate surface area is 224 Å². The van der Waals surface area contributed by atoms with Gasteiger partial charge in [-0.25, -0.2) is 9.37 Å². The molecular formula is C31H37FN4O2. The molecule has 5 rings (SSSR count). The fourth-order valence-electron chi connectivity index (χ4n) is 5.95. The smallest absolute Gasteiger partial charge is 0.257 e. The van der Waals surface area contributed by atoms with E-state index in [4.69, 9.17) is 10.5 Å². The zero-order valence-electron chi connectivity index (χ0n) is 21.9. The Morgan fingerprint density at radius 2 is 1.76 bits per heavy atom. The standard InChI is InChI=1S/C31H37FN4O2/c32-27-12-3-1-10-25(27)22-35-20-21-38-28-13-4-2-8-24(28)9-5-6-14-31(23-35)15-18-36(19-16-31)30(37)26-11-7-17-34-29(26)33/h1-4,7-8,10-13,17H,5-6,9,14-16,18-23H2,(H2,33,34). The lowest BCUT2D eigenvalue weighted by Gasteiger charge is -2.45. The minimum Gasteiger partial charge on any atom is -0.492 e. The van der Waals surface area contributed by atoms with E-state index in [1.54, 1.807) is 24.4 Å². The minimum atomic E-state index is -0.173. The summed E-state index contributed by atoms with van der Waals surface area (Å²) in [5.74, 6) is 1.01. The summed E-state index contributed by atoms with van der Waals surface area (Å²) in [5.41, 5.74) is 8.47. The molecule has 1 saturated heterocycles. The van der Waals surface area contributed by atoms with Crippen LogP contribution in [-0.2, 0) is 13.0 Å². The number of aryl methyl sites for hydroxylation is 1. The summed E-state index contributed by atoms with van der Waals surface area (Å²) in [4.78, 5) is 21.5. The van der Waals surface area contributed by atoms with Crippen LogP contribution in [0.1, 0.15) is 53.6 Å². The second kappa shape index (κ2) is 11.9. The molecule has 1 aromatic heterocycles. The number of benzene rings is 2. The van der Waals surface area contributed by atoms with Crippen molar-refractivity contribution in [3.63, 3.8) is 0 Å². The Bertz CT molecular complexity index is 1240. The molecule has 7 heteroatoms. The molecule has 0 saturated carbocycles. The number of nitrogens with two attached hydrogens (primary N) is 1. The summed E-state index contributed by atoms with van der Waals surface area (Å²) in [6.45, 7) is 4.00. The van der Waals surface area contributed by atoms with E-state index in [-0.39, 0.29) is 23.0 Å². The molecule has 0 aliphatic carbocycles. The molecule has 38 heavy (non-hydrogen) atoms. The van der Waals surface area contributed by atoms with Gasteiger partial charge in [-0.05, 0) is 67.3 Å². The molecule has 0 bridgehead atoms. The Hall–Kier alpha value is -3.45. The zero-order chi connectivity index (χ0) is 26.4. The number of carbonyl (C=O) groups excluding carboxylic acids is 1. The number of ether oxygens (including phenoxy) is 1. The van der Waals surface area contributed by atoms with Crippen LogP contribution in [0.3, 0.4) is 0 Å². The molecule has 0 unspecified atom stereocenters. The highest BCUT2D eigenvalue weighted by Gasteiger charge is 2.37. The predicted molar refractivity (Wildman–Crippen MR) is 147 cm³/mol. The fraction of sp³-hybridized carbons (Fsp3) is 0.419. The lowest BCUT2D eigenvalue weighted by atomic mass is 9.73. The summed E-state index contributed by atoms with van der Waals surface area (Å²) in [5, 5.41) is 0. The number of carbonyl (C=O) groups is 1. The fourth-order valence-corrected chi connectivity index (χ4v) is 5.95. The Kier molecular flexibility index (Phi) is 8.23. The van der Waals surface area contributed by atoms with Crippen LogP contribution in [0.25, 0.3) is 0 Å². The van der Waals surface area contributed by atoms with E-state index in [1.807, 2.05) is 29.2 Å². The van der Waals surface area contributed by atoms with Gasteiger partial charge in [0.15, 0.2) is 0 Å². The van der Waals surface area contributed by atoms with Gasteiger partial charge < -0.3 is 15.4 Å². The van der Waals surface area contributed by atoms with Gasteiger partial charge >= 0.3 is 0 Å². The number of anilines is 1. The molecule has 6 nitrogen and oxygen atoms in total. The molecule has 3 heterocycles. The zero-order valence-corrected chi connectivity index (χ0v) is 21.9.